The van der Waals surface area contributed by atoms with Crippen molar-refractivity contribution in [3.05, 3.63) is 0 Å². The standard InChI is InChI=1S/C7H14O4/c8-2-4-1-5(3-9)7(11)6(4)10/h4-11H,1-3H2/t4-,5-,6-,7+/m1/s1. The number of aliphatic hydroxyl groups excluding tert-OH is 4. The first-order chi connectivity index (χ1) is 5.20. The molecule has 0 amide bonds. The monoisotopic (exact) mass is 162 g/mol. The van der Waals surface area contributed by atoms with Crippen LogP contribution in [0.1, 0.15) is 6.42 Å². The van der Waals surface area contributed by atoms with E-state index in [1.807, 2.05) is 0 Å². The molecular formula is C7H14O4. The Labute approximate surface area is 65.1 Å². The maximum absolute atomic E-state index is 9.24. The summed E-state index contributed by atoms with van der Waals surface area (Å²) in [7, 11) is 0. The van der Waals surface area contributed by atoms with E-state index in [0.29, 0.717) is 6.42 Å². The third-order valence-corrected chi connectivity index (χ3v) is 2.39. The van der Waals surface area contributed by atoms with Gasteiger partial charge < -0.3 is 20.4 Å². The van der Waals surface area contributed by atoms with Crippen molar-refractivity contribution >= 4 is 0 Å². The summed E-state index contributed by atoms with van der Waals surface area (Å²) in [5.74, 6) is -0.552. The van der Waals surface area contributed by atoms with Crippen molar-refractivity contribution in [3.8, 4) is 0 Å². The molecule has 4 N–H and O–H groups in total. The highest BCUT2D eigenvalue weighted by Crippen LogP contribution is 2.30. The molecule has 4 heteroatoms. The lowest BCUT2D eigenvalue weighted by atomic mass is 10.1. The van der Waals surface area contributed by atoms with Gasteiger partial charge >= 0.3 is 0 Å². The van der Waals surface area contributed by atoms with Gasteiger partial charge in [-0.3, -0.25) is 0 Å². The fourth-order valence-electron chi connectivity index (χ4n) is 1.59. The number of hydrogen-bond acceptors (Lipinski definition) is 4. The topological polar surface area (TPSA) is 80.9 Å². The van der Waals surface area contributed by atoms with E-state index < -0.39 is 12.2 Å². The van der Waals surface area contributed by atoms with Crippen molar-refractivity contribution in [2.75, 3.05) is 13.2 Å². The summed E-state index contributed by atoms with van der Waals surface area (Å²) in [4.78, 5) is 0. The fraction of sp³-hybridized carbons (Fsp3) is 1.00. The lowest BCUT2D eigenvalue weighted by Crippen LogP contribution is -2.30. The van der Waals surface area contributed by atoms with Crippen LogP contribution in [0, 0.1) is 11.8 Å². The highest BCUT2D eigenvalue weighted by Gasteiger charge is 2.40. The zero-order chi connectivity index (χ0) is 8.43. The summed E-state index contributed by atoms with van der Waals surface area (Å²) in [5, 5.41) is 35.9. The minimum absolute atomic E-state index is 0.130. The average Bonchev–Trinajstić information content (AvgIpc) is 2.30. The molecule has 11 heavy (non-hydrogen) atoms. The summed E-state index contributed by atoms with van der Waals surface area (Å²) in [6.45, 7) is -0.260. The average molecular weight is 162 g/mol. The summed E-state index contributed by atoms with van der Waals surface area (Å²) < 4.78 is 0. The zero-order valence-electron chi connectivity index (χ0n) is 6.22. The van der Waals surface area contributed by atoms with Crippen LogP contribution in [0.2, 0.25) is 0 Å². The highest BCUT2D eigenvalue weighted by atomic mass is 16.3. The van der Waals surface area contributed by atoms with E-state index in [-0.39, 0.29) is 25.0 Å². The number of hydrogen-bond donors (Lipinski definition) is 4. The lowest BCUT2D eigenvalue weighted by Gasteiger charge is -2.14. The molecule has 0 spiro atoms. The van der Waals surface area contributed by atoms with Gasteiger partial charge in [0.1, 0.15) is 0 Å². The van der Waals surface area contributed by atoms with Crippen molar-refractivity contribution in [2.45, 2.75) is 18.6 Å². The van der Waals surface area contributed by atoms with Crippen molar-refractivity contribution in [1.82, 2.24) is 0 Å². The minimum Gasteiger partial charge on any atom is -0.396 e. The Kier molecular flexibility index (Phi) is 2.84. The Hall–Kier alpha value is -0.160. The van der Waals surface area contributed by atoms with E-state index in [2.05, 4.69) is 0 Å². The van der Waals surface area contributed by atoms with E-state index >= 15 is 0 Å². The van der Waals surface area contributed by atoms with Crippen molar-refractivity contribution in [1.29, 1.82) is 0 Å². The van der Waals surface area contributed by atoms with Gasteiger partial charge in [0.05, 0.1) is 12.2 Å². The SMILES string of the molecule is OC[C@H]1C[C@H](CO)[C@H](O)[C@@H]1O. The molecule has 0 radical (unpaired) electrons. The van der Waals surface area contributed by atoms with Crippen LogP contribution in [0.15, 0.2) is 0 Å². The lowest BCUT2D eigenvalue weighted by molar-refractivity contribution is -0.0135. The molecule has 0 heterocycles. The van der Waals surface area contributed by atoms with Crippen molar-refractivity contribution in [2.24, 2.45) is 11.8 Å². The Morgan fingerprint density at radius 3 is 1.45 bits per heavy atom. The van der Waals surface area contributed by atoms with Crippen LogP contribution in [0.4, 0.5) is 0 Å². The summed E-state index contributed by atoms with van der Waals surface area (Å²) in [5.41, 5.74) is 0. The normalized spacial score (nSPS) is 44.7. The summed E-state index contributed by atoms with van der Waals surface area (Å²) in [6, 6.07) is 0. The Balaban J connectivity index is 2.53. The predicted molar refractivity (Wildman–Crippen MR) is 37.8 cm³/mol. The van der Waals surface area contributed by atoms with E-state index in [9.17, 15) is 10.2 Å². The Morgan fingerprint density at radius 1 is 0.909 bits per heavy atom. The van der Waals surface area contributed by atoms with Crippen LogP contribution in [0.25, 0.3) is 0 Å². The van der Waals surface area contributed by atoms with Gasteiger partial charge in [0.25, 0.3) is 0 Å². The molecule has 0 bridgehead atoms. The molecule has 0 unspecified atom stereocenters. The van der Waals surface area contributed by atoms with Crippen LogP contribution in [-0.4, -0.2) is 45.8 Å². The molecule has 1 rings (SSSR count). The first kappa shape index (κ1) is 8.93. The van der Waals surface area contributed by atoms with Crippen LogP contribution < -0.4 is 0 Å². The van der Waals surface area contributed by atoms with E-state index in [4.69, 9.17) is 10.2 Å². The quantitative estimate of drug-likeness (QED) is 0.391. The third kappa shape index (κ3) is 1.54. The van der Waals surface area contributed by atoms with Gasteiger partial charge in [-0.15, -0.1) is 0 Å². The van der Waals surface area contributed by atoms with Gasteiger partial charge in [0.2, 0.25) is 0 Å². The molecule has 1 aliphatic carbocycles. The maximum atomic E-state index is 9.24. The molecule has 4 nitrogen and oxygen atoms in total. The Morgan fingerprint density at radius 2 is 1.27 bits per heavy atom. The summed E-state index contributed by atoms with van der Waals surface area (Å²) >= 11 is 0. The van der Waals surface area contributed by atoms with E-state index in [1.54, 1.807) is 0 Å². The molecule has 1 fully saturated rings. The molecule has 0 aromatic rings. The van der Waals surface area contributed by atoms with Crippen molar-refractivity contribution < 1.29 is 20.4 Å². The molecule has 66 valence electrons. The second-order valence-corrected chi connectivity index (χ2v) is 3.10. The molecule has 0 aromatic carbocycles. The first-order valence-electron chi connectivity index (χ1n) is 3.78. The van der Waals surface area contributed by atoms with Gasteiger partial charge in [-0.2, -0.15) is 0 Å². The molecular weight excluding hydrogens is 148 g/mol. The number of aliphatic hydroxyl groups is 4. The van der Waals surface area contributed by atoms with E-state index in [1.165, 1.54) is 0 Å². The predicted octanol–water partition coefficient (Wildman–Crippen LogP) is -1.67. The van der Waals surface area contributed by atoms with Crippen LogP contribution in [-0.2, 0) is 0 Å². The van der Waals surface area contributed by atoms with Gasteiger partial charge in [0, 0.05) is 25.0 Å². The highest BCUT2D eigenvalue weighted by molar-refractivity contribution is 4.90. The molecule has 1 saturated carbocycles. The fourth-order valence-corrected chi connectivity index (χ4v) is 1.59. The second-order valence-electron chi connectivity index (χ2n) is 3.10. The zero-order valence-corrected chi connectivity index (χ0v) is 6.22. The maximum Gasteiger partial charge on any atom is 0.0852 e. The second kappa shape index (κ2) is 3.49. The Bertz CT molecular complexity index is 110. The largest absolute Gasteiger partial charge is 0.396 e. The van der Waals surface area contributed by atoms with Crippen LogP contribution in [0.3, 0.4) is 0 Å². The van der Waals surface area contributed by atoms with Gasteiger partial charge in [-0.25, -0.2) is 0 Å². The van der Waals surface area contributed by atoms with Crippen LogP contribution >= 0.6 is 0 Å². The van der Waals surface area contributed by atoms with Gasteiger partial charge in [-0.1, -0.05) is 0 Å². The molecule has 0 saturated heterocycles. The molecule has 4 atom stereocenters. The third-order valence-electron chi connectivity index (χ3n) is 2.39. The smallest absolute Gasteiger partial charge is 0.0852 e. The van der Waals surface area contributed by atoms with Gasteiger partial charge in [0.15, 0.2) is 0 Å². The molecule has 0 aromatic heterocycles. The number of rotatable bonds is 2. The minimum atomic E-state index is -0.878. The van der Waals surface area contributed by atoms with E-state index in [0.717, 1.165) is 0 Å². The van der Waals surface area contributed by atoms with Crippen molar-refractivity contribution in [3.63, 3.8) is 0 Å². The van der Waals surface area contributed by atoms with Crippen LogP contribution in [0.5, 0.6) is 0 Å². The molecule has 0 aliphatic heterocycles. The summed E-state index contributed by atoms with van der Waals surface area (Å²) in [6.07, 6.45) is -1.26. The van der Waals surface area contributed by atoms with Gasteiger partial charge in [-0.05, 0) is 6.42 Å². The molecule has 1 aliphatic rings. The first-order valence-corrected chi connectivity index (χ1v) is 3.78.